The van der Waals surface area contributed by atoms with Gasteiger partial charge in [-0.15, -0.1) is 0 Å². The van der Waals surface area contributed by atoms with E-state index in [9.17, 15) is 9.18 Å². The Morgan fingerprint density at radius 3 is 2.77 bits per heavy atom. The number of benzene rings is 1. The molecule has 0 unspecified atom stereocenters. The monoisotopic (exact) mass is 262 g/mol. The molecule has 0 fully saturated rings. The van der Waals surface area contributed by atoms with Gasteiger partial charge in [0.25, 0.3) is 0 Å². The van der Waals surface area contributed by atoms with Gasteiger partial charge >= 0.3 is 0 Å². The molecule has 13 heavy (non-hydrogen) atoms. The Labute approximate surface area is 88.3 Å². The fourth-order valence-corrected chi connectivity index (χ4v) is 1.24. The first-order valence-electron chi connectivity index (χ1n) is 3.42. The Balaban J connectivity index is 2.92. The highest BCUT2D eigenvalue weighted by Crippen LogP contribution is 2.17. The van der Waals surface area contributed by atoms with Crippen LogP contribution in [0.4, 0.5) is 4.39 Å². The fraction of sp³-hybridized carbons (Fsp3) is 0. The van der Waals surface area contributed by atoms with Crippen molar-refractivity contribution in [3.63, 3.8) is 0 Å². The molecule has 0 aliphatic carbocycles. The smallest absolute Gasteiger partial charge is 0.245 e. The topological polar surface area (TPSA) is 17.1 Å². The summed E-state index contributed by atoms with van der Waals surface area (Å²) in [7, 11) is 0. The highest BCUT2D eigenvalue weighted by molar-refractivity contribution is 9.10. The molecule has 0 aliphatic heterocycles. The van der Waals surface area contributed by atoms with E-state index in [0.29, 0.717) is 10.0 Å². The van der Waals surface area contributed by atoms with Gasteiger partial charge in [-0.2, -0.15) is 0 Å². The van der Waals surface area contributed by atoms with Gasteiger partial charge in [0.15, 0.2) is 0 Å². The Morgan fingerprint density at radius 1 is 1.54 bits per heavy atom. The first kappa shape index (κ1) is 10.4. The van der Waals surface area contributed by atoms with Crippen LogP contribution >= 0.6 is 27.5 Å². The van der Waals surface area contributed by atoms with Crippen LogP contribution < -0.4 is 0 Å². The third-order valence-corrected chi connectivity index (χ3v) is 2.08. The number of halogens is 3. The molecule has 0 aliphatic rings. The lowest BCUT2D eigenvalue weighted by Crippen LogP contribution is -1.80. The summed E-state index contributed by atoms with van der Waals surface area (Å²) in [5, 5.41) is -0.555. The largest absolute Gasteiger partial charge is 0.276 e. The maximum atomic E-state index is 12.7. The molecule has 0 spiro atoms. The average molecular weight is 263 g/mol. The quantitative estimate of drug-likeness (QED) is 0.590. The van der Waals surface area contributed by atoms with Gasteiger partial charge in [-0.05, 0) is 51.3 Å². The van der Waals surface area contributed by atoms with Crippen LogP contribution in [0.15, 0.2) is 28.7 Å². The minimum Gasteiger partial charge on any atom is -0.276 e. The van der Waals surface area contributed by atoms with Crippen molar-refractivity contribution >= 4 is 38.8 Å². The van der Waals surface area contributed by atoms with E-state index in [0.717, 1.165) is 0 Å². The van der Waals surface area contributed by atoms with Gasteiger partial charge < -0.3 is 0 Å². The van der Waals surface area contributed by atoms with Gasteiger partial charge in [0.1, 0.15) is 5.82 Å². The summed E-state index contributed by atoms with van der Waals surface area (Å²) in [6.45, 7) is 0. The maximum absolute atomic E-state index is 12.7. The molecule has 1 rings (SSSR count). The molecule has 0 saturated heterocycles. The summed E-state index contributed by atoms with van der Waals surface area (Å²) in [4.78, 5) is 10.4. The molecule has 0 bridgehead atoms. The van der Waals surface area contributed by atoms with Crippen LogP contribution in [0.3, 0.4) is 0 Å². The third kappa shape index (κ3) is 3.28. The minimum absolute atomic E-state index is 0.339. The van der Waals surface area contributed by atoms with Crippen molar-refractivity contribution in [1.29, 1.82) is 0 Å². The standard InChI is InChI=1S/C9H5BrClFO/c10-7-5-6(1-3-8(7)12)2-4-9(11)13/h1-5H. The molecule has 0 atom stereocenters. The molecule has 0 amide bonds. The predicted molar refractivity (Wildman–Crippen MR) is 54.0 cm³/mol. The van der Waals surface area contributed by atoms with E-state index in [1.165, 1.54) is 18.2 Å². The number of carbonyl (C=O) groups excluding carboxylic acids is 1. The number of allylic oxidation sites excluding steroid dienone is 1. The van der Waals surface area contributed by atoms with Crippen LogP contribution in [0.25, 0.3) is 6.08 Å². The van der Waals surface area contributed by atoms with Crippen LogP contribution in [0.1, 0.15) is 5.56 Å². The number of hydrogen-bond acceptors (Lipinski definition) is 1. The Morgan fingerprint density at radius 2 is 2.23 bits per heavy atom. The highest BCUT2D eigenvalue weighted by atomic mass is 79.9. The van der Waals surface area contributed by atoms with E-state index in [1.807, 2.05) is 0 Å². The van der Waals surface area contributed by atoms with Gasteiger partial charge in [0.05, 0.1) is 4.47 Å². The van der Waals surface area contributed by atoms with Crippen molar-refractivity contribution in [1.82, 2.24) is 0 Å². The van der Waals surface area contributed by atoms with Crippen molar-refractivity contribution in [3.8, 4) is 0 Å². The Hall–Kier alpha value is -0.670. The lowest BCUT2D eigenvalue weighted by atomic mass is 10.2. The van der Waals surface area contributed by atoms with Crippen LogP contribution in [0, 0.1) is 5.82 Å². The second kappa shape index (κ2) is 4.53. The fourth-order valence-electron chi connectivity index (χ4n) is 0.778. The molecule has 0 N–H and O–H groups in total. The lowest BCUT2D eigenvalue weighted by Gasteiger charge is -1.95. The molecule has 1 aromatic carbocycles. The summed E-state index contributed by atoms with van der Waals surface area (Å²) in [5.41, 5.74) is 0.710. The number of carbonyl (C=O) groups is 1. The van der Waals surface area contributed by atoms with Crippen LogP contribution in [0.2, 0.25) is 0 Å². The van der Waals surface area contributed by atoms with Crippen molar-refractivity contribution in [3.05, 3.63) is 40.1 Å². The summed E-state index contributed by atoms with van der Waals surface area (Å²) < 4.78 is 13.1. The zero-order valence-electron chi connectivity index (χ0n) is 6.43. The van der Waals surface area contributed by atoms with E-state index in [1.54, 1.807) is 12.1 Å². The molecule has 1 aromatic rings. The number of hydrogen-bond donors (Lipinski definition) is 0. The normalized spacial score (nSPS) is 10.7. The van der Waals surface area contributed by atoms with Crippen LogP contribution in [-0.4, -0.2) is 5.24 Å². The maximum Gasteiger partial charge on any atom is 0.245 e. The molecule has 0 saturated carbocycles. The van der Waals surface area contributed by atoms with E-state index in [-0.39, 0.29) is 5.82 Å². The second-order valence-corrected chi connectivity index (χ2v) is 3.54. The van der Waals surface area contributed by atoms with E-state index < -0.39 is 5.24 Å². The highest BCUT2D eigenvalue weighted by Gasteiger charge is 1.97. The molecule has 68 valence electrons. The summed E-state index contributed by atoms with van der Waals surface area (Å²) in [6.07, 6.45) is 2.72. The molecule has 1 nitrogen and oxygen atoms in total. The zero-order chi connectivity index (χ0) is 9.84. The van der Waals surface area contributed by atoms with Gasteiger partial charge in [0, 0.05) is 0 Å². The SMILES string of the molecule is O=C(Cl)C=Cc1ccc(F)c(Br)c1. The summed E-state index contributed by atoms with van der Waals surface area (Å²) >= 11 is 8.11. The Bertz CT molecular complexity index is 363. The van der Waals surface area contributed by atoms with Gasteiger partial charge in [-0.3, -0.25) is 4.79 Å². The second-order valence-electron chi connectivity index (χ2n) is 2.31. The van der Waals surface area contributed by atoms with Gasteiger partial charge in [0.2, 0.25) is 5.24 Å². The lowest BCUT2D eigenvalue weighted by molar-refractivity contribution is -0.107. The first-order chi connectivity index (χ1) is 6.09. The number of rotatable bonds is 2. The zero-order valence-corrected chi connectivity index (χ0v) is 8.77. The molecule has 0 aromatic heterocycles. The van der Waals surface area contributed by atoms with Crippen LogP contribution in [0.5, 0.6) is 0 Å². The molecule has 0 radical (unpaired) electrons. The van der Waals surface area contributed by atoms with Gasteiger partial charge in [-0.25, -0.2) is 4.39 Å². The molecular weight excluding hydrogens is 258 g/mol. The van der Waals surface area contributed by atoms with E-state index in [4.69, 9.17) is 11.6 Å². The molecule has 0 heterocycles. The van der Waals surface area contributed by atoms with E-state index in [2.05, 4.69) is 15.9 Å². The van der Waals surface area contributed by atoms with Gasteiger partial charge in [-0.1, -0.05) is 12.1 Å². The minimum atomic E-state index is -0.555. The third-order valence-electron chi connectivity index (χ3n) is 1.35. The van der Waals surface area contributed by atoms with Crippen molar-refractivity contribution in [2.24, 2.45) is 0 Å². The summed E-state index contributed by atoms with van der Waals surface area (Å²) in [5.74, 6) is -0.339. The first-order valence-corrected chi connectivity index (χ1v) is 4.59. The van der Waals surface area contributed by atoms with E-state index >= 15 is 0 Å². The Kier molecular flexibility index (Phi) is 3.63. The van der Waals surface area contributed by atoms with Crippen molar-refractivity contribution in [2.45, 2.75) is 0 Å². The predicted octanol–water partition coefficient (Wildman–Crippen LogP) is 3.37. The van der Waals surface area contributed by atoms with Crippen LogP contribution in [-0.2, 0) is 4.79 Å². The average Bonchev–Trinajstić information content (AvgIpc) is 2.07. The molecular formula is C9H5BrClFO. The summed E-state index contributed by atoms with van der Waals surface area (Å²) in [6, 6.07) is 4.42. The molecule has 4 heteroatoms. The van der Waals surface area contributed by atoms with Crippen molar-refractivity contribution < 1.29 is 9.18 Å². The van der Waals surface area contributed by atoms with Crippen molar-refractivity contribution in [2.75, 3.05) is 0 Å².